The maximum Gasteiger partial charge on any atom is 0.168 e. The predicted molar refractivity (Wildman–Crippen MR) is 69.3 cm³/mol. The summed E-state index contributed by atoms with van der Waals surface area (Å²) in [7, 11) is 1.84. The van der Waals surface area contributed by atoms with Crippen LogP contribution in [0.15, 0.2) is 42.5 Å². The minimum absolute atomic E-state index is 0.556. The van der Waals surface area contributed by atoms with Gasteiger partial charge in [-0.25, -0.2) is 4.98 Å². The van der Waals surface area contributed by atoms with Crippen LogP contribution in [-0.2, 0) is 6.61 Å². The fourth-order valence-electron chi connectivity index (χ4n) is 1.57. The van der Waals surface area contributed by atoms with Gasteiger partial charge < -0.3 is 10.1 Å². The van der Waals surface area contributed by atoms with Gasteiger partial charge in [0, 0.05) is 12.7 Å². The molecule has 3 nitrogen and oxygen atoms in total. The Bertz CT molecular complexity index is 483. The van der Waals surface area contributed by atoms with Gasteiger partial charge in [0.1, 0.15) is 6.61 Å². The van der Waals surface area contributed by atoms with E-state index in [-0.39, 0.29) is 0 Å². The third-order valence-corrected chi connectivity index (χ3v) is 2.47. The van der Waals surface area contributed by atoms with E-state index in [9.17, 15) is 0 Å². The van der Waals surface area contributed by atoms with Crippen LogP contribution in [0.4, 0.5) is 5.82 Å². The summed E-state index contributed by atoms with van der Waals surface area (Å²) in [5.74, 6) is 1.56. The maximum absolute atomic E-state index is 5.74. The molecule has 0 unspecified atom stereocenters. The van der Waals surface area contributed by atoms with Crippen LogP contribution in [-0.4, -0.2) is 12.0 Å². The highest BCUT2D eigenvalue weighted by molar-refractivity contribution is 5.50. The van der Waals surface area contributed by atoms with E-state index in [2.05, 4.69) is 10.3 Å². The molecule has 0 saturated carbocycles. The standard InChI is InChI=1S/C14H16N2O/c1-11-8-9-13(14(15-2)16-11)17-10-12-6-4-3-5-7-12/h3-9H,10H2,1-2H3,(H,15,16). The summed E-state index contributed by atoms with van der Waals surface area (Å²) < 4.78 is 5.74. The maximum atomic E-state index is 5.74. The summed E-state index contributed by atoms with van der Waals surface area (Å²) in [6.45, 7) is 2.52. The van der Waals surface area contributed by atoms with Crippen molar-refractivity contribution < 1.29 is 4.74 Å². The number of nitrogens with one attached hydrogen (secondary N) is 1. The molecule has 0 fully saturated rings. The first-order valence-corrected chi connectivity index (χ1v) is 5.61. The quantitative estimate of drug-likeness (QED) is 0.873. The third kappa shape index (κ3) is 2.97. The Balaban J connectivity index is 2.09. The molecule has 0 aliphatic carbocycles. The van der Waals surface area contributed by atoms with Gasteiger partial charge in [-0.1, -0.05) is 30.3 Å². The summed E-state index contributed by atoms with van der Waals surface area (Å²) in [5.41, 5.74) is 2.12. The normalized spacial score (nSPS) is 10.0. The molecule has 0 radical (unpaired) electrons. The second-order valence-electron chi connectivity index (χ2n) is 3.82. The lowest BCUT2D eigenvalue weighted by Gasteiger charge is -2.10. The summed E-state index contributed by atoms with van der Waals surface area (Å²) in [5, 5.41) is 3.04. The number of hydrogen-bond acceptors (Lipinski definition) is 3. The lowest BCUT2D eigenvalue weighted by atomic mass is 10.2. The molecule has 0 saturated heterocycles. The summed E-state index contributed by atoms with van der Waals surface area (Å²) in [4.78, 5) is 4.37. The van der Waals surface area contributed by atoms with Crippen molar-refractivity contribution in [3.63, 3.8) is 0 Å². The van der Waals surface area contributed by atoms with Crippen molar-refractivity contribution in [1.82, 2.24) is 4.98 Å². The van der Waals surface area contributed by atoms with Gasteiger partial charge >= 0.3 is 0 Å². The zero-order chi connectivity index (χ0) is 12.1. The lowest BCUT2D eigenvalue weighted by molar-refractivity contribution is 0.306. The molecule has 0 bridgehead atoms. The van der Waals surface area contributed by atoms with Crippen molar-refractivity contribution in [2.45, 2.75) is 13.5 Å². The minimum atomic E-state index is 0.556. The van der Waals surface area contributed by atoms with Crippen LogP contribution in [0.5, 0.6) is 5.75 Å². The summed E-state index contributed by atoms with van der Waals surface area (Å²) >= 11 is 0. The van der Waals surface area contributed by atoms with E-state index in [0.717, 1.165) is 22.8 Å². The molecule has 2 aromatic rings. The number of aromatic nitrogens is 1. The first kappa shape index (κ1) is 11.5. The number of aryl methyl sites for hydroxylation is 1. The van der Waals surface area contributed by atoms with Crippen molar-refractivity contribution >= 4 is 5.82 Å². The molecule has 17 heavy (non-hydrogen) atoms. The molecular weight excluding hydrogens is 212 g/mol. The Morgan fingerprint density at radius 1 is 1.12 bits per heavy atom. The summed E-state index contributed by atoms with van der Waals surface area (Å²) in [6, 6.07) is 14.0. The molecule has 0 spiro atoms. The number of ether oxygens (including phenoxy) is 1. The molecule has 0 amide bonds. The van der Waals surface area contributed by atoms with Crippen molar-refractivity contribution in [3.8, 4) is 5.75 Å². The molecule has 3 heteroatoms. The molecule has 88 valence electrons. The number of benzene rings is 1. The van der Waals surface area contributed by atoms with E-state index < -0.39 is 0 Å². The average Bonchev–Trinajstić information content (AvgIpc) is 2.38. The predicted octanol–water partition coefficient (Wildman–Crippen LogP) is 3.01. The number of pyridine rings is 1. The van der Waals surface area contributed by atoms with Crippen molar-refractivity contribution in [3.05, 3.63) is 53.7 Å². The number of nitrogens with zero attached hydrogens (tertiary/aromatic N) is 1. The van der Waals surface area contributed by atoms with E-state index in [1.807, 2.05) is 56.4 Å². The van der Waals surface area contributed by atoms with Crippen LogP contribution in [0.2, 0.25) is 0 Å². The van der Waals surface area contributed by atoms with Gasteiger partial charge in [0.25, 0.3) is 0 Å². The highest BCUT2D eigenvalue weighted by Crippen LogP contribution is 2.22. The minimum Gasteiger partial charge on any atom is -0.485 e. The van der Waals surface area contributed by atoms with E-state index in [0.29, 0.717) is 6.61 Å². The molecule has 0 aliphatic rings. The molecule has 1 aromatic heterocycles. The van der Waals surface area contributed by atoms with Gasteiger partial charge in [-0.05, 0) is 24.6 Å². The van der Waals surface area contributed by atoms with Gasteiger partial charge in [0.15, 0.2) is 11.6 Å². The van der Waals surface area contributed by atoms with Gasteiger partial charge in [-0.3, -0.25) is 0 Å². The fraction of sp³-hybridized carbons (Fsp3) is 0.214. The van der Waals surface area contributed by atoms with Crippen LogP contribution in [0, 0.1) is 6.92 Å². The average molecular weight is 228 g/mol. The van der Waals surface area contributed by atoms with E-state index in [1.54, 1.807) is 0 Å². The largest absolute Gasteiger partial charge is 0.485 e. The Kier molecular flexibility index (Phi) is 3.60. The lowest BCUT2D eigenvalue weighted by Crippen LogP contribution is -2.01. The zero-order valence-corrected chi connectivity index (χ0v) is 10.1. The zero-order valence-electron chi connectivity index (χ0n) is 10.1. The van der Waals surface area contributed by atoms with Gasteiger partial charge in [-0.2, -0.15) is 0 Å². The third-order valence-electron chi connectivity index (χ3n) is 2.47. The Labute approximate surface area is 101 Å². The monoisotopic (exact) mass is 228 g/mol. The first-order valence-electron chi connectivity index (χ1n) is 5.61. The van der Waals surface area contributed by atoms with Crippen molar-refractivity contribution in [2.24, 2.45) is 0 Å². The van der Waals surface area contributed by atoms with E-state index >= 15 is 0 Å². The van der Waals surface area contributed by atoms with Crippen LogP contribution in [0.25, 0.3) is 0 Å². The number of anilines is 1. The van der Waals surface area contributed by atoms with Crippen LogP contribution < -0.4 is 10.1 Å². The van der Waals surface area contributed by atoms with E-state index in [4.69, 9.17) is 4.74 Å². The molecular formula is C14H16N2O. The van der Waals surface area contributed by atoms with Crippen LogP contribution in [0.3, 0.4) is 0 Å². The first-order chi connectivity index (χ1) is 8.29. The molecule has 0 atom stereocenters. The second kappa shape index (κ2) is 5.34. The molecule has 1 heterocycles. The van der Waals surface area contributed by atoms with Gasteiger partial charge in [0.2, 0.25) is 0 Å². The topological polar surface area (TPSA) is 34.2 Å². The van der Waals surface area contributed by atoms with Gasteiger partial charge in [-0.15, -0.1) is 0 Å². The Morgan fingerprint density at radius 3 is 2.59 bits per heavy atom. The summed E-state index contributed by atoms with van der Waals surface area (Å²) in [6.07, 6.45) is 0. The highest BCUT2D eigenvalue weighted by atomic mass is 16.5. The SMILES string of the molecule is CNc1nc(C)ccc1OCc1ccccc1. The number of rotatable bonds is 4. The molecule has 0 aliphatic heterocycles. The molecule has 2 rings (SSSR count). The number of hydrogen-bond donors (Lipinski definition) is 1. The van der Waals surface area contributed by atoms with Crippen LogP contribution >= 0.6 is 0 Å². The van der Waals surface area contributed by atoms with E-state index in [1.165, 1.54) is 0 Å². The molecule has 1 aromatic carbocycles. The van der Waals surface area contributed by atoms with Crippen LogP contribution in [0.1, 0.15) is 11.3 Å². The smallest absolute Gasteiger partial charge is 0.168 e. The van der Waals surface area contributed by atoms with Crippen molar-refractivity contribution in [2.75, 3.05) is 12.4 Å². The second-order valence-corrected chi connectivity index (χ2v) is 3.82. The molecule has 1 N–H and O–H groups in total. The Morgan fingerprint density at radius 2 is 1.88 bits per heavy atom. The van der Waals surface area contributed by atoms with Crippen molar-refractivity contribution in [1.29, 1.82) is 0 Å². The van der Waals surface area contributed by atoms with Gasteiger partial charge in [0.05, 0.1) is 0 Å². The highest BCUT2D eigenvalue weighted by Gasteiger charge is 2.04. The Hall–Kier alpha value is -2.03. The fourth-order valence-corrected chi connectivity index (χ4v) is 1.57.